The Hall–Kier alpha value is -4.57. The summed E-state index contributed by atoms with van der Waals surface area (Å²) < 4.78 is 1.47. The van der Waals surface area contributed by atoms with Crippen molar-refractivity contribution in [2.45, 2.75) is 42.6 Å². The molecule has 3 aromatic rings. The van der Waals surface area contributed by atoms with Crippen LogP contribution in [0.3, 0.4) is 0 Å². The van der Waals surface area contributed by atoms with Gasteiger partial charge in [0.2, 0.25) is 11.8 Å². The topological polar surface area (TPSA) is 191 Å². The first kappa shape index (κ1) is 30.1. The summed E-state index contributed by atoms with van der Waals surface area (Å²) in [5, 5.41) is 36.7. The van der Waals surface area contributed by atoms with Crippen molar-refractivity contribution < 1.29 is 34.5 Å². The Bertz CT molecular complexity index is 1890. The minimum Gasteiger partial charge on any atom is -0.504 e. The summed E-state index contributed by atoms with van der Waals surface area (Å²) in [6.45, 7) is 3.13. The smallest absolute Gasteiger partial charge is 0.352 e. The quantitative estimate of drug-likeness (QED) is 0.0857. The summed E-state index contributed by atoms with van der Waals surface area (Å²) in [5.74, 6) is -1.51. The number of aromatic hydroxyl groups is 2. The molecule has 4 aliphatic rings. The van der Waals surface area contributed by atoms with E-state index in [2.05, 4.69) is 20.4 Å². The largest absolute Gasteiger partial charge is 0.504 e. The molecule has 1 aromatic carbocycles. The van der Waals surface area contributed by atoms with Crippen molar-refractivity contribution in [3.63, 3.8) is 0 Å². The molecule has 2 saturated heterocycles. The number of benzene rings is 1. The van der Waals surface area contributed by atoms with E-state index in [1.54, 1.807) is 25.1 Å². The average molecular weight is 664 g/mol. The summed E-state index contributed by atoms with van der Waals surface area (Å²) in [5.41, 5.74) is 1.94. The number of carbonyl (C=O) groups is 4. The van der Waals surface area contributed by atoms with Crippen molar-refractivity contribution in [2.24, 2.45) is 5.92 Å². The van der Waals surface area contributed by atoms with E-state index in [0.29, 0.717) is 46.3 Å². The number of β-lactam (4-membered cyclic amide) rings is 1. The van der Waals surface area contributed by atoms with E-state index in [1.165, 1.54) is 33.3 Å². The fraction of sp³-hybridized carbons (Fsp3) is 0.367. The van der Waals surface area contributed by atoms with Crippen molar-refractivity contribution in [3.8, 4) is 22.9 Å². The van der Waals surface area contributed by atoms with Crippen LogP contribution in [0.1, 0.15) is 25.0 Å². The summed E-state index contributed by atoms with van der Waals surface area (Å²) in [4.78, 5) is 63.2. The molecular formula is C30H29N7O7S2. The molecule has 1 aliphatic carbocycles. The number of carboxylic acid groups (broad SMARTS) is 1. The molecule has 3 amide bonds. The Labute approximate surface area is 270 Å². The van der Waals surface area contributed by atoms with Crippen molar-refractivity contribution in [2.75, 3.05) is 24.6 Å². The number of carboxylic acids is 1. The van der Waals surface area contributed by atoms with Gasteiger partial charge in [-0.25, -0.2) is 9.78 Å². The zero-order valence-electron chi connectivity index (χ0n) is 24.5. The Morgan fingerprint density at radius 2 is 1.96 bits per heavy atom. The first-order chi connectivity index (χ1) is 22.1. The summed E-state index contributed by atoms with van der Waals surface area (Å²) in [6.07, 6.45) is 4.44. The highest BCUT2D eigenvalue weighted by Crippen LogP contribution is 2.41. The highest BCUT2D eigenvalue weighted by molar-refractivity contribution is 8.00. The molecule has 7 rings (SSSR count). The number of rotatable bonds is 9. The summed E-state index contributed by atoms with van der Waals surface area (Å²) in [7, 11) is 0. The number of likely N-dealkylation sites (tertiary alicyclic amines) is 1. The van der Waals surface area contributed by atoms with Gasteiger partial charge in [-0.15, -0.1) is 16.9 Å². The molecule has 0 spiro atoms. The van der Waals surface area contributed by atoms with Crippen LogP contribution in [0, 0.1) is 12.8 Å². The lowest BCUT2D eigenvalue weighted by Crippen LogP contribution is -2.70. The lowest BCUT2D eigenvalue weighted by atomic mass is 10.0. The maximum Gasteiger partial charge on any atom is 0.352 e. The van der Waals surface area contributed by atoms with Gasteiger partial charge in [0.05, 0.1) is 5.75 Å². The third kappa shape index (κ3) is 5.55. The number of aliphatic carboxylic acids is 1. The van der Waals surface area contributed by atoms with Gasteiger partial charge in [0.1, 0.15) is 22.1 Å². The van der Waals surface area contributed by atoms with Crippen molar-refractivity contribution in [1.82, 2.24) is 34.7 Å². The van der Waals surface area contributed by atoms with Crippen molar-refractivity contribution >= 4 is 53.0 Å². The molecular weight excluding hydrogens is 635 g/mol. The minimum atomic E-state index is -1.25. The van der Waals surface area contributed by atoms with Gasteiger partial charge in [0.15, 0.2) is 17.3 Å². The number of phenolic OH excluding ortho intramolecular Hbond substituents is 2. The molecule has 238 valence electrons. The molecule has 16 heteroatoms. The van der Waals surface area contributed by atoms with E-state index in [1.807, 2.05) is 4.90 Å². The van der Waals surface area contributed by atoms with Crippen LogP contribution in [-0.2, 0) is 19.2 Å². The lowest BCUT2D eigenvalue weighted by Gasteiger charge is -2.49. The van der Waals surface area contributed by atoms with Gasteiger partial charge in [0.25, 0.3) is 11.7 Å². The van der Waals surface area contributed by atoms with Crippen LogP contribution in [0.5, 0.6) is 11.5 Å². The Morgan fingerprint density at radius 3 is 2.70 bits per heavy atom. The second-order valence-corrected chi connectivity index (χ2v) is 13.7. The summed E-state index contributed by atoms with van der Waals surface area (Å²) in [6, 6.07) is 5.08. The number of nitrogens with zero attached hydrogens (tertiary/aromatic N) is 6. The number of carbonyl (C=O) groups excluding carboxylic acids is 3. The fourth-order valence-electron chi connectivity index (χ4n) is 5.75. The number of nitrogens with one attached hydrogen (secondary N) is 1. The van der Waals surface area contributed by atoms with E-state index in [0.717, 1.165) is 31.1 Å². The summed E-state index contributed by atoms with van der Waals surface area (Å²) >= 11 is 2.52. The van der Waals surface area contributed by atoms with E-state index < -0.39 is 29.2 Å². The SMILES string of the molecule is Cc1cc(SCC(=O)N[C@@H]2C(=O)N3C(C(=O)O)=C(/C=C4\CCN(CC5CC5)C4=O)CS[C@H]23)n2nc(-c3ccc(O)c(O)c3)nc2n1. The van der Waals surface area contributed by atoms with E-state index >= 15 is 0 Å². The van der Waals surface area contributed by atoms with E-state index in [9.17, 15) is 34.5 Å². The Kier molecular flexibility index (Phi) is 7.63. The monoisotopic (exact) mass is 663 g/mol. The van der Waals surface area contributed by atoms with Crippen LogP contribution in [0.2, 0.25) is 0 Å². The first-order valence-corrected chi connectivity index (χ1v) is 16.7. The van der Waals surface area contributed by atoms with Crippen LogP contribution < -0.4 is 5.32 Å². The predicted octanol–water partition coefficient (Wildman–Crippen LogP) is 1.91. The molecule has 46 heavy (non-hydrogen) atoms. The number of aryl methyl sites for hydroxylation is 1. The number of hydrogen-bond acceptors (Lipinski definition) is 11. The van der Waals surface area contributed by atoms with Gasteiger partial charge >= 0.3 is 5.97 Å². The van der Waals surface area contributed by atoms with Gasteiger partial charge in [0, 0.05) is 35.7 Å². The normalized spacial score (nSPS) is 22.1. The predicted molar refractivity (Wildman–Crippen MR) is 167 cm³/mol. The highest BCUT2D eigenvalue weighted by atomic mass is 32.2. The molecule has 0 unspecified atom stereocenters. The number of amides is 3. The fourth-order valence-corrected chi connectivity index (χ4v) is 7.91. The number of phenols is 2. The maximum absolute atomic E-state index is 13.2. The zero-order valence-corrected chi connectivity index (χ0v) is 26.2. The highest BCUT2D eigenvalue weighted by Gasteiger charge is 2.54. The van der Waals surface area contributed by atoms with Gasteiger partial charge in [-0.05, 0) is 68.0 Å². The van der Waals surface area contributed by atoms with Gasteiger partial charge in [-0.1, -0.05) is 11.8 Å². The molecule has 1 saturated carbocycles. The molecule has 5 heterocycles. The lowest BCUT2D eigenvalue weighted by molar-refractivity contribution is -0.150. The van der Waals surface area contributed by atoms with Crippen molar-refractivity contribution in [3.05, 3.63) is 52.9 Å². The van der Waals surface area contributed by atoms with Crippen LogP contribution in [0.25, 0.3) is 17.2 Å². The third-order valence-corrected chi connectivity index (χ3v) is 10.5. The Morgan fingerprint density at radius 1 is 1.15 bits per heavy atom. The number of allylic oxidation sites excluding steroid dienone is 1. The third-order valence-electron chi connectivity index (χ3n) is 8.25. The molecule has 3 fully saturated rings. The second kappa shape index (κ2) is 11.7. The number of aromatic nitrogens is 4. The number of hydrogen-bond donors (Lipinski definition) is 4. The molecule has 0 radical (unpaired) electrons. The number of thioether (sulfide) groups is 2. The van der Waals surface area contributed by atoms with Crippen LogP contribution >= 0.6 is 23.5 Å². The standard InChI is InChI=1S/C30H29N7O7S2/c1-14-8-22(37-30(31-14)33-25(34-37)16-4-5-19(38)20(39)10-16)45-13-21(40)32-23-27(42)36-24(29(43)44)18(12-46-28(23)36)9-17-6-7-35(26(17)41)11-15-2-3-15/h4-5,8-10,15,23,28,38-39H,2-3,6-7,11-13H2,1H3,(H,32,40)(H,43,44)/b17-9+/t23-,28-/m1/s1. The van der Waals surface area contributed by atoms with E-state index in [4.69, 9.17) is 0 Å². The second-order valence-electron chi connectivity index (χ2n) is 11.6. The minimum absolute atomic E-state index is 0.0621. The number of fused-ring (bicyclic) bond motifs is 2. The van der Waals surface area contributed by atoms with Gasteiger partial charge in [-0.2, -0.15) is 9.50 Å². The Balaban J connectivity index is 1.02. The molecule has 2 aromatic heterocycles. The molecule has 4 N–H and O–H groups in total. The average Bonchev–Trinajstić information content (AvgIpc) is 3.65. The van der Waals surface area contributed by atoms with Crippen LogP contribution in [-0.4, -0.2) is 104 Å². The van der Waals surface area contributed by atoms with Crippen LogP contribution in [0.4, 0.5) is 0 Å². The zero-order chi connectivity index (χ0) is 32.3. The molecule has 2 atom stereocenters. The molecule has 14 nitrogen and oxygen atoms in total. The van der Waals surface area contributed by atoms with Crippen LogP contribution in [0.15, 0.2) is 52.2 Å². The van der Waals surface area contributed by atoms with E-state index in [-0.39, 0.29) is 46.2 Å². The molecule has 3 aliphatic heterocycles. The van der Waals surface area contributed by atoms with Gasteiger partial charge < -0.3 is 25.5 Å². The first-order valence-electron chi connectivity index (χ1n) is 14.7. The van der Waals surface area contributed by atoms with Crippen molar-refractivity contribution in [1.29, 1.82) is 0 Å². The molecule has 0 bridgehead atoms. The maximum atomic E-state index is 13.2. The van der Waals surface area contributed by atoms with Gasteiger partial charge in [-0.3, -0.25) is 19.3 Å².